The number of hydrogen-bond acceptors (Lipinski definition) is 5. The van der Waals surface area contributed by atoms with E-state index in [1.807, 2.05) is 0 Å². The van der Waals surface area contributed by atoms with E-state index in [2.05, 4.69) is 10.0 Å². The van der Waals surface area contributed by atoms with Crippen molar-refractivity contribution in [2.24, 2.45) is 5.14 Å². The molecule has 0 heterocycles. The molecule has 2 aromatic carbocycles. The Kier molecular flexibility index (Phi) is 5.69. The molecule has 2 rings (SSSR count). The van der Waals surface area contributed by atoms with Crippen molar-refractivity contribution in [1.82, 2.24) is 5.32 Å². The molecule has 0 radical (unpaired) electrons. The van der Waals surface area contributed by atoms with Crippen molar-refractivity contribution in [3.63, 3.8) is 0 Å². The van der Waals surface area contributed by atoms with Gasteiger partial charge < -0.3 is 5.32 Å². The van der Waals surface area contributed by atoms with Crippen molar-refractivity contribution < 1.29 is 21.6 Å². The molecule has 0 aromatic heterocycles. The first-order chi connectivity index (χ1) is 12.0. The summed E-state index contributed by atoms with van der Waals surface area (Å²) in [5.74, 6) is -0.362. The number of amides is 1. The maximum atomic E-state index is 12.5. The summed E-state index contributed by atoms with van der Waals surface area (Å²) < 4.78 is 49.9. The van der Waals surface area contributed by atoms with Crippen LogP contribution in [0.5, 0.6) is 0 Å². The summed E-state index contributed by atoms with van der Waals surface area (Å²) in [7, 11) is -7.82. The average molecular weight is 397 g/mol. The molecular formula is C16H19N3O5S2. The van der Waals surface area contributed by atoms with E-state index in [1.165, 1.54) is 36.4 Å². The van der Waals surface area contributed by atoms with E-state index in [9.17, 15) is 21.6 Å². The van der Waals surface area contributed by atoms with Crippen LogP contribution < -0.4 is 15.2 Å². The molecule has 0 atom stereocenters. The Balaban J connectivity index is 2.33. The third kappa shape index (κ3) is 4.59. The Hall–Kier alpha value is -2.43. The van der Waals surface area contributed by atoms with Crippen molar-refractivity contribution in [2.75, 3.05) is 11.3 Å². The molecule has 0 unspecified atom stereocenters. The number of hydrogen-bond donors (Lipinski definition) is 3. The first-order valence-electron chi connectivity index (χ1n) is 7.59. The second kappa shape index (κ2) is 7.44. The van der Waals surface area contributed by atoms with Gasteiger partial charge in [0.2, 0.25) is 10.0 Å². The van der Waals surface area contributed by atoms with Crippen molar-refractivity contribution in [2.45, 2.75) is 23.6 Å². The first-order valence-corrected chi connectivity index (χ1v) is 10.6. The summed E-state index contributed by atoms with van der Waals surface area (Å²) in [5.41, 5.74) is 1.07. The molecular weight excluding hydrogens is 378 g/mol. The molecule has 1 amide bonds. The Bertz CT molecular complexity index is 1030. The smallest absolute Gasteiger partial charge is 0.261 e. The number of nitrogens with two attached hydrogens (primary N) is 1. The first kappa shape index (κ1) is 19.9. The number of benzene rings is 2. The number of rotatable bonds is 6. The molecule has 0 bridgehead atoms. The van der Waals surface area contributed by atoms with Crippen molar-refractivity contribution in [1.29, 1.82) is 0 Å². The van der Waals surface area contributed by atoms with Crippen LogP contribution >= 0.6 is 0 Å². The highest BCUT2D eigenvalue weighted by Crippen LogP contribution is 2.20. The predicted molar refractivity (Wildman–Crippen MR) is 97.8 cm³/mol. The van der Waals surface area contributed by atoms with Gasteiger partial charge in [0.15, 0.2) is 0 Å². The minimum atomic E-state index is -3.96. The zero-order chi connectivity index (χ0) is 19.5. The minimum Gasteiger partial charge on any atom is -0.352 e. The second-order valence-electron chi connectivity index (χ2n) is 5.51. The molecule has 0 saturated carbocycles. The number of sulfonamides is 2. The number of anilines is 1. The van der Waals surface area contributed by atoms with Crippen LogP contribution in [0.25, 0.3) is 0 Å². The number of nitrogens with one attached hydrogen (secondary N) is 2. The van der Waals surface area contributed by atoms with E-state index >= 15 is 0 Å². The fraction of sp³-hybridized carbons (Fsp3) is 0.188. The van der Waals surface area contributed by atoms with Gasteiger partial charge in [0, 0.05) is 17.8 Å². The van der Waals surface area contributed by atoms with Gasteiger partial charge in [-0.25, -0.2) is 22.0 Å². The van der Waals surface area contributed by atoms with Gasteiger partial charge in [-0.1, -0.05) is 6.07 Å². The molecule has 140 valence electrons. The van der Waals surface area contributed by atoms with Crippen molar-refractivity contribution >= 4 is 31.6 Å². The van der Waals surface area contributed by atoms with E-state index in [-0.39, 0.29) is 26.9 Å². The lowest BCUT2D eigenvalue weighted by Gasteiger charge is -2.11. The maximum absolute atomic E-state index is 12.5. The zero-order valence-corrected chi connectivity index (χ0v) is 15.8. The normalized spacial score (nSPS) is 11.8. The average Bonchev–Trinajstić information content (AvgIpc) is 2.54. The predicted octanol–water partition coefficient (Wildman–Crippen LogP) is 1.19. The van der Waals surface area contributed by atoms with Crippen LogP contribution in [0.2, 0.25) is 0 Å². The van der Waals surface area contributed by atoms with Crippen LogP contribution in [0.4, 0.5) is 5.69 Å². The van der Waals surface area contributed by atoms with Gasteiger partial charge in [-0.2, -0.15) is 0 Å². The highest BCUT2D eigenvalue weighted by atomic mass is 32.2. The van der Waals surface area contributed by atoms with Gasteiger partial charge in [-0.05, 0) is 55.8 Å². The molecule has 4 N–H and O–H groups in total. The Labute approximate surface area is 152 Å². The fourth-order valence-electron chi connectivity index (χ4n) is 2.20. The van der Waals surface area contributed by atoms with Crippen LogP contribution in [0.3, 0.4) is 0 Å². The highest BCUT2D eigenvalue weighted by molar-refractivity contribution is 7.92. The summed E-state index contributed by atoms with van der Waals surface area (Å²) in [6.07, 6.45) is 0. The zero-order valence-electron chi connectivity index (χ0n) is 14.2. The van der Waals surface area contributed by atoms with E-state index in [4.69, 9.17) is 5.14 Å². The topological polar surface area (TPSA) is 135 Å². The summed E-state index contributed by atoms with van der Waals surface area (Å²) in [6, 6.07) is 9.20. The fourth-order valence-corrected chi connectivity index (χ4v) is 3.80. The molecule has 0 aliphatic carbocycles. The monoisotopic (exact) mass is 397 g/mol. The van der Waals surface area contributed by atoms with Gasteiger partial charge in [-0.15, -0.1) is 0 Å². The maximum Gasteiger partial charge on any atom is 0.261 e. The molecule has 0 saturated heterocycles. The Morgan fingerprint density at radius 3 is 2.12 bits per heavy atom. The number of carbonyl (C=O) groups excluding carboxylic acids is 1. The summed E-state index contributed by atoms with van der Waals surface area (Å²) in [5, 5.41) is 7.63. The molecule has 10 heteroatoms. The third-order valence-corrected chi connectivity index (χ3v) is 5.84. The molecule has 0 aliphatic rings. The van der Waals surface area contributed by atoms with Gasteiger partial charge in [0.25, 0.3) is 15.9 Å². The van der Waals surface area contributed by atoms with Crippen molar-refractivity contribution in [3.8, 4) is 0 Å². The van der Waals surface area contributed by atoms with E-state index in [0.29, 0.717) is 12.1 Å². The quantitative estimate of drug-likeness (QED) is 0.673. The van der Waals surface area contributed by atoms with E-state index in [1.54, 1.807) is 19.9 Å². The van der Waals surface area contributed by atoms with Crippen LogP contribution in [0, 0.1) is 6.92 Å². The number of primary sulfonamides is 1. The van der Waals surface area contributed by atoms with Crippen LogP contribution in [0.15, 0.2) is 52.3 Å². The lowest BCUT2D eigenvalue weighted by molar-refractivity contribution is 0.0955. The summed E-state index contributed by atoms with van der Waals surface area (Å²) in [4.78, 5) is 11.8. The van der Waals surface area contributed by atoms with Crippen molar-refractivity contribution in [3.05, 3.63) is 53.6 Å². The second-order valence-corrected chi connectivity index (χ2v) is 8.75. The van der Waals surface area contributed by atoms with Gasteiger partial charge in [-0.3, -0.25) is 9.52 Å². The lowest BCUT2D eigenvalue weighted by Crippen LogP contribution is -2.24. The molecule has 0 aliphatic heterocycles. The summed E-state index contributed by atoms with van der Waals surface area (Å²) >= 11 is 0. The molecule has 8 nitrogen and oxygen atoms in total. The molecule has 26 heavy (non-hydrogen) atoms. The van der Waals surface area contributed by atoms with Crippen LogP contribution in [-0.4, -0.2) is 29.3 Å². The summed E-state index contributed by atoms with van der Waals surface area (Å²) in [6.45, 7) is 3.89. The Morgan fingerprint density at radius 2 is 1.58 bits per heavy atom. The number of aryl methyl sites for hydroxylation is 1. The number of carbonyl (C=O) groups is 1. The van der Waals surface area contributed by atoms with E-state index < -0.39 is 20.0 Å². The Morgan fingerprint density at radius 1 is 1.00 bits per heavy atom. The molecule has 0 fully saturated rings. The standard InChI is InChI=1S/C16H19N3O5S2/c1-3-18-16(20)15-10-14(7-4-11(15)2)26(23,24)19-12-5-8-13(9-6-12)25(17,21)22/h4-10,19H,3H2,1-2H3,(H,18,20)(H2,17,21,22). The highest BCUT2D eigenvalue weighted by Gasteiger charge is 2.18. The van der Waals surface area contributed by atoms with Gasteiger partial charge >= 0.3 is 0 Å². The largest absolute Gasteiger partial charge is 0.352 e. The van der Waals surface area contributed by atoms with Crippen LogP contribution in [-0.2, 0) is 20.0 Å². The van der Waals surface area contributed by atoms with Gasteiger partial charge in [0.1, 0.15) is 0 Å². The molecule has 0 spiro atoms. The molecule has 2 aromatic rings. The minimum absolute atomic E-state index is 0.0834. The van der Waals surface area contributed by atoms with Gasteiger partial charge in [0.05, 0.1) is 9.79 Å². The third-order valence-electron chi connectivity index (χ3n) is 3.54. The van der Waals surface area contributed by atoms with Crippen LogP contribution in [0.1, 0.15) is 22.8 Å². The van der Waals surface area contributed by atoms with E-state index in [0.717, 1.165) is 0 Å². The SMILES string of the molecule is CCNC(=O)c1cc(S(=O)(=O)Nc2ccc(S(N)(=O)=O)cc2)ccc1C. The lowest BCUT2D eigenvalue weighted by atomic mass is 10.1.